The van der Waals surface area contributed by atoms with Crippen molar-refractivity contribution in [3.05, 3.63) is 139 Å². The van der Waals surface area contributed by atoms with Crippen molar-refractivity contribution in [2.24, 2.45) is 5.92 Å². The maximum Gasteiger partial charge on any atom is 0.254 e. The van der Waals surface area contributed by atoms with Gasteiger partial charge in [-0.05, 0) is 129 Å². The summed E-state index contributed by atoms with van der Waals surface area (Å²) in [6.45, 7) is 18.8. The normalized spacial score (nSPS) is 16.7. The van der Waals surface area contributed by atoms with Crippen LogP contribution in [-0.4, -0.2) is 107 Å². The predicted molar refractivity (Wildman–Crippen MR) is 290 cm³/mol. The molecule has 0 bridgehead atoms. The van der Waals surface area contributed by atoms with Crippen molar-refractivity contribution in [2.45, 2.75) is 118 Å². The summed E-state index contributed by atoms with van der Waals surface area (Å²) in [4.78, 5) is 66.9. The zero-order valence-corrected chi connectivity index (χ0v) is 45.2. The number of carbonyl (C=O) groups excluding carboxylic acids is 3. The molecule has 0 radical (unpaired) electrons. The van der Waals surface area contributed by atoms with Gasteiger partial charge in [0.2, 0.25) is 11.8 Å². The second-order valence-electron chi connectivity index (χ2n) is 20.1. The number of H-pyrrole nitrogens is 1. The van der Waals surface area contributed by atoms with Crippen molar-refractivity contribution < 1.29 is 38.2 Å². The van der Waals surface area contributed by atoms with E-state index in [-0.39, 0.29) is 73.3 Å². The van der Waals surface area contributed by atoms with Crippen LogP contribution in [0.3, 0.4) is 0 Å². The second-order valence-corrected chi connectivity index (χ2v) is 21.0. The first-order chi connectivity index (χ1) is 36.1. The van der Waals surface area contributed by atoms with Crippen molar-refractivity contribution >= 4 is 34.7 Å². The Bertz CT molecular complexity index is 2980. The molecule has 4 N–H and O–H groups in total. The number of pyridine rings is 1. The number of aromatic amines is 1. The molecule has 0 saturated carbocycles. The van der Waals surface area contributed by atoms with Crippen LogP contribution in [0.5, 0.6) is 5.88 Å². The maximum absolute atomic E-state index is 14.2. The van der Waals surface area contributed by atoms with Crippen molar-refractivity contribution in [1.82, 2.24) is 30.7 Å². The monoisotopic (exact) mass is 1040 g/mol. The lowest BCUT2D eigenvalue weighted by Crippen LogP contribution is -2.48. The van der Waals surface area contributed by atoms with Crippen molar-refractivity contribution in [3.8, 4) is 27.4 Å². The first-order valence-electron chi connectivity index (χ1n) is 26.1. The van der Waals surface area contributed by atoms with E-state index in [4.69, 9.17) is 18.7 Å². The Labute approximate surface area is 443 Å². The highest BCUT2D eigenvalue weighted by Gasteiger charge is 2.43. The first-order valence-corrected chi connectivity index (χ1v) is 27.0. The Hall–Kier alpha value is -6.66. The molecule has 2 aliphatic heterocycles. The van der Waals surface area contributed by atoms with Crippen molar-refractivity contribution in [3.63, 3.8) is 0 Å². The Morgan fingerprint density at radius 2 is 1.67 bits per heavy atom. The molecule has 75 heavy (non-hydrogen) atoms. The Balaban J connectivity index is 0.843. The number of nitrogens with zero attached hydrogens (tertiary/aromatic N) is 4. The van der Waals surface area contributed by atoms with Crippen LogP contribution in [-0.2, 0) is 32.0 Å². The average Bonchev–Trinajstić information content (AvgIpc) is 4.15. The number of β-amino-alcohol motifs (C(OH)–C–C–N with tert-alkyl or cyclic N) is 1. The molecule has 2 saturated heterocycles. The molecule has 1 unspecified atom stereocenters. The lowest BCUT2D eigenvalue weighted by atomic mass is 9.91. The molecule has 16 nitrogen and oxygen atoms in total. The number of ether oxygens (including phenoxy) is 3. The van der Waals surface area contributed by atoms with Gasteiger partial charge in [0, 0.05) is 73.9 Å². The number of aromatic nitrogens is 3. The van der Waals surface area contributed by atoms with Gasteiger partial charge in [0.15, 0.2) is 5.76 Å². The third kappa shape index (κ3) is 13.1. The fourth-order valence-electron chi connectivity index (χ4n) is 10.3. The predicted octanol–water partition coefficient (Wildman–Crippen LogP) is 8.54. The number of aryl methyl sites for hydroxylation is 3. The van der Waals surface area contributed by atoms with Crippen LogP contribution in [0.15, 0.2) is 87.6 Å². The molecule has 17 heteroatoms. The molecule has 3 aromatic carbocycles. The summed E-state index contributed by atoms with van der Waals surface area (Å²) in [6, 6.07) is 23.0. The molecule has 5 heterocycles. The summed E-state index contributed by atoms with van der Waals surface area (Å²) in [5.41, 5.74) is 12.1. The molecule has 6 aromatic rings. The summed E-state index contributed by atoms with van der Waals surface area (Å²) < 4.78 is 23.2. The molecule has 3 amide bonds. The van der Waals surface area contributed by atoms with Crippen LogP contribution in [0, 0.1) is 33.6 Å². The van der Waals surface area contributed by atoms with E-state index in [1.807, 2.05) is 90.4 Å². The van der Waals surface area contributed by atoms with E-state index in [1.165, 1.54) is 4.90 Å². The highest BCUT2D eigenvalue weighted by Crippen LogP contribution is 2.36. The molecular weight excluding hydrogens is 971 g/mol. The Morgan fingerprint density at radius 1 is 0.933 bits per heavy atom. The van der Waals surface area contributed by atoms with Crippen LogP contribution in [0.2, 0.25) is 0 Å². The Morgan fingerprint density at radius 3 is 2.35 bits per heavy atom. The first kappa shape index (κ1) is 54.6. The number of aliphatic hydroxyl groups is 1. The van der Waals surface area contributed by atoms with Gasteiger partial charge in [-0.15, -0.1) is 11.3 Å². The number of likely N-dealkylation sites (tertiary alicyclic amines) is 1. The van der Waals surface area contributed by atoms with Crippen LogP contribution in [0.4, 0.5) is 5.69 Å². The number of hydrogen-bond donors (Lipinski definition) is 4. The van der Waals surface area contributed by atoms with E-state index in [1.54, 1.807) is 17.4 Å². The number of thiazole rings is 1. The topological polar surface area (TPSA) is 201 Å². The van der Waals surface area contributed by atoms with Crippen LogP contribution < -0.4 is 25.8 Å². The minimum atomic E-state index is -0.854. The van der Waals surface area contributed by atoms with E-state index in [9.17, 15) is 24.3 Å². The average molecular weight is 1040 g/mol. The number of aliphatic hydroxyl groups excluding tert-OH is 1. The molecular formula is C58H71N7O9S. The van der Waals surface area contributed by atoms with E-state index in [2.05, 4.69) is 67.9 Å². The van der Waals surface area contributed by atoms with E-state index in [0.717, 1.165) is 80.3 Å². The smallest absolute Gasteiger partial charge is 0.254 e. The minimum absolute atomic E-state index is 0.0288. The Kier molecular flexibility index (Phi) is 18.0. The molecule has 2 aliphatic rings. The van der Waals surface area contributed by atoms with Gasteiger partial charge in [-0.3, -0.25) is 19.2 Å². The zero-order valence-electron chi connectivity index (χ0n) is 44.4. The number of amides is 3. The molecule has 0 spiro atoms. The fraction of sp³-hybridized carbons (Fsp3) is 0.448. The lowest BCUT2D eigenvalue weighted by molar-refractivity contribution is -0.141. The molecule has 8 rings (SSSR count). The molecule has 0 aliphatic carbocycles. The van der Waals surface area contributed by atoms with E-state index < -0.39 is 18.1 Å². The molecule has 2 fully saturated rings. The van der Waals surface area contributed by atoms with Crippen LogP contribution in [0.25, 0.3) is 21.6 Å². The van der Waals surface area contributed by atoms with Gasteiger partial charge in [-0.1, -0.05) is 62.4 Å². The maximum atomic E-state index is 14.2. The van der Waals surface area contributed by atoms with Gasteiger partial charge >= 0.3 is 0 Å². The third-order valence-corrected chi connectivity index (χ3v) is 15.5. The number of carbonyl (C=O) groups is 3. The van der Waals surface area contributed by atoms with Gasteiger partial charge < -0.3 is 49.3 Å². The van der Waals surface area contributed by atoms with E-state index in [0.29, 0.717) is 49.7 Å². The summed E-state index contributed by atoms with van der Waals surface area (Å²) in [5, 5.41) is 20.9. The second kappa shape index (κ2) is 24.8. The highest BCUT2D eigenvalue weighted by molar-refractivity contribution is 7.13. The van der Waals surface area contributed by atoms with E-state index >= 15 is 0 Å². The number of rotatable bonds is 21. The molecule has 3 aromatic heterocycles. The number of nitrogens with one attached hydrogen (secondary N) is 3. The van der Waals surface area contributed by atoms with Gasteiger partial charge in [-0.2, -0.15) is 0 Å². The van der Waals surface area contributed by atoms with Crippen molar-refractivity contribution in [1.29, 1.82) is 0 Å². The fourth-order valence-corrected chi connectivity index (χ4v) is 11.2. The largest absolute Gasteiger partial charge is 0.473 e. The van der Waals surface area contributed by atoms with Gasteiger partial charge in [0.1, 0.15) is 18.6 Å². The lowest BCUT2D eigenvalue weighted by Gasteiger charge is -2.37. The number of anilines is 1. The number of hydrogen-bond acceptors (Lipinski definition) is 13. The number of benzene rings is 3. The summed E-state index contributed by atoms with van der Waals surface area (Å²) in [6.07, 6.45) is 1.75. The van der Waals surface area contributed by atoms with Gasteiger partial charge in [0.25, 0.3) is 17.3 Å². The third-order valence-electron chi connectivity index (χ3n) is 14.5. The van der Waals surface area contributed by atoms with Crippen LogP contribution >= 0.6 is 11.3 Å². The molecule has 4 atom stereocenters. The van der Waals surface area contributed by atoms with Gasteiger partial charge in [0.05, 0.1) is 41.4 Å². The van der Waals surface area contributed by atoms with Gasteiger partial charge in [-0.25, -0.2) is 4.98 Å². The van der Waals surface area contributed by atoms with Crippen molar-refractivity contribution in [2.75, 3.05) is 51.0 Å². The molecule has 398 valence electrons. The summed E-state index contributed by atoms with van der Waals surface area (Å²) in [7, 11) is 0. The minimum Gasteiger partial charge on any atom is -0.473 e. The SMILES string of the molecule is CCN(c1cc(-c2ccc(CCOCCOc3cc(C(C(=O)N4C[C@H](O)C[C@H]4C(=O)N[C@@H](C)c4ccc(-c5scnc5C)cc4)C(C)C)on3)cc2)cc(C(=O)NCc2c(C)cc(C)[nH]c2=O)c1C)C1CCOCC1. The standard InChI is InChI=1S/C58H71N7O9S/c1-9-64(45-19-22-71-23-20-45)49-28-44(27-47(37(49)6)55(67)59-31-48-35(4)26-36(5)61-56(48)68)42-12-10-40(11-13-42)18-21-72-24-25-73-52-30-51(74-63-52)53(34(2)3)58(70)65-32-46(66)29-50(65)57(69)62-38(7)41-14-16-43(17-15-41)54-39(8)60-33-75-54/h10-17,26-28,30,33-34,38,45-46,50,53,66H,9,18-25,29,31-32H2,1-8H3,(H,59,67)(H,61,68)(H,62,69)/t38-,46+,50-,53?/m0/s1. The highest BCUT2D eigenvalue weighted by atomic mass is 32.1. The quantitative estimate of drug-likeness (QED) is 0.0502. The summed E-state index contributed by atoms with van der Waals surface area (Å²) >= 11 is 1.58. The summed E-state index contributed by atoms with van der Waals surface area (Å²) in [5.74, 6) is -1.34. The zero-order chi connectivity index (χ0) is 53.3. The van der Waals surface area contributed by atoms with Crippen LogP contribution in [0.1, 0.15) is 114 Å².